The SMILES string of the molecule is CC(C)(C)NC(=O)[C@@H]1CCCC[C@@H]1C(=O)Nc1cnc2n1CCCC2. The number of carbonyl (C=O) groups excluding carboxylic acids is 2. The molecule has 0 spiro atoms. The third kappa shape index (κ3) is 4.22. The summed E-state index contributed by atoms with van der Waals surface area (Å²) >= 11 is 0. The molecular formula is C19H30N4O2. The van der Waals surface area contributed by atoms with Crippen molar-refractivity contribution in [3.63, 3.8) is 0 Å². The molecular weight excluding hydrogens is 316 g/mol. The molecule has 0 radical (unpaired) electrons. The minimum Gasteiger partial charge on any atom is -0.351 e. The highest BCUT2D eigenvalue weighted by Crippen LogP contribution is 2.32. The van der Waals surface area contributed by atoms with Gasteiger partial charge in [0.1, 0.15) is 11.6 Å². The second kappa shape index (κ2) is 7.18. The normalized spacial score (nSPS) is 23.6. The van der Waals surface area contributed by atoms with Crippen LogP contribution in [0.3, 0.4) is 0 Å². The summed E-state index contributed by atoms with van der Waals surface area (Å²) in [6, 6.07) is 0. The lowest BCUT2D eigenvalue weighted by Crippen LogP contribution is -2.48. The van der Waals surface area contributed by atoms with Gasteiger partial charge in [-0.3, -0.25) is 9.59 Å². The molecule has 1 saturated carbocycles. The van der Waals surface area contributed by atoms with Gasteiger partial charge >= 0.3 is 0 Å². The van der Waals surface area contributed by atoms with Gasteiger partial charge < -0.3 is 15.2 Å². The minimum absolute atomic E-state index is 0.00247. The first kappa shape index (κ1) is 18.0. The van der Waals surface area contributed by atoms with E-state index in [4.69, 9.17) is 0 Å². The summed E-state index contributed by atoms with van der Waals surface area (Å²) in [7, 11) is 0. The van der Waals surface area contributed by atoms with Gasteiger partial charge in [-0.2, -0.15) is 0 Å². The van der Waals surface area contributed by atoms with Crippen molar-refractivity contribution in [2.75, 3.05) is 5.32 Å². The molecule has 1 aromatic rings. The lowest BCUT2D eigenvalue weighted by atomic mass is 9.77. The summed E-state index contributed by atoms with van der Waals surface area (Å²) in [5.74, 6) is 1.29. The lowest BCUT2D eigenvalue weighted by Gasteiger charge is -2.32. The van der Waals surface area contributed by atoms with E-state index in [0.717, 1.165) is 63.1 Å². The molecule has 2 N–H and O–H groups in total. The number of nitrogens with one attached hydrogen (secondary N) is 2. The van der Waals surface area contributed by atoms with Crippen molar-refractivity contribution in [1.29, 1.82) is 0 Å². The van der Waals surface area contributed by atoms with Gasteiger partial charge in [-0.25, -0.2) is 4.98 Å². The first-order valence-corrected chi connectivity index (χ1v) is 9.52. The van der Waals surface area contributed by atoms with E-state index in [9.17, 15) is 9.59 Å². The highest BCUT2D eigenvalue weighted by molar-refractivity contribution is 5.95. The molecule has 0 unspecified atom stereocenters. The summed E-state index contributed by atoms with van der Waals surface area (Å²) in [6.45, 7) is 6.83. The Hall–Kier alpha value is -1.85. The molecule has 1 aliphatic heterocycles. The number of aromatic nitrogens is 2. The van der Waals surface area contributed by atoms with Crippen LogP contribution in [0.5, 0.6) is 0 Å². The summed E-state index contributed by atoms with van der Waals surface area (Å²) in [6.07, 6.45) is 8.56. The van der Waals surface area contributed by atoms with E-state index in [1.54, 1.807) is 6.20 Å². The molecule has 0 saturated heterocycles. The van der Waals surface area contributed by atoms with Gasteiger partial charge in [-0.05, 0) is 46.5 Å². The fraction of sp³-hybridized carbons (Fsp3) is 0.737. The van der Waals surface area contributed by atoms with Crippen molar-refractivity contribution in [2.24, 2.45) is 11.8 Å². The number of rotatable bonds is 3. The van der Waals surface area contributed by atoms with Crippen LogP contribution < -0.4 is 10.6 Å². The highest BCUT2D eigenvalue weighted by Gasteiger charge is 2.37. The summed E-state index contributed by atoms with van der Waals surface area (Å²) in [5, 5.41) is 6.10. The van der Waals surface area contributed by atoms with Gasteiger partial charge in [-0.1, -0.05) is 12.8 Å². The summed E-state index contributed by atoms with van der Waals surface area (Å²) < 4.78 is 2.11. The average molecular weight is 346 g/mol. The van der Waals surface area contributed by atoms with E-state index >= 15 is 0 Å². The Morgan fingerprint density at radius 1 is 1.08 bits per heavy atom. The lowest BCUT2D eigenvalue weighted by molar-refractivity contribution is -0.135. The molecule has 1 aromatic heterocycles. The van der Waals surface area contributed by atoms with Crippen LogP contribution in [0.15, 0.2) is 6.20 Å². The van der Waals surface area contributed by atoms with Gasteiger partial charge in [0, 0.05) is 30.3 Å². The number of aryl methyl sites for hydroxylation is 1. The second-order valence-electron chi connectivity index (χ2n) is 8.39. The molecule has 1 aliphatic carbocycles. The molecule has 1 fully saturated rings. The maximum absolute atomic E-state index is 12.9. The van der Waals surface area contributed by atoms with E-state index in [2.05, 4.69) is 20.2 Å². The van der Waals surface area contributed by atoms with E-state index < -0.39 is 0 Å². The van der Waals surface area contributed by atoms with Crippen molar-refractivity contribution >= 4 is 17.6 Å². The van der Waals surface area contributed by atoms with E-state index in [0.29, 0.717) is 0 Å². The van der Waals surface area contributed by atoms with Crippen LogP contribution in [0.2, 0.25) is 0 Å². The molecule has 6 heteroatoms. The van der Waals surface area contributed by atoms with Crippen molar-refractivity contribution in [3.8, 4) is 0 Å². The van der Waals surface area contributed by atoms with E-state index in [1.807, 2.05) is 20.8 Å². The van der Waals surface area contributed by atoms with E-state index in [-0.39, 0.29) is 29.2 Å². The van der Waals surface area contributed by atoms with Gasteiger partial charge in [0.25, 0.3) is 0 Å². The van der Waals surface area contributed by atoms with Gasteiger partial charge in [0.05, 0.1) is 6.20 Å². The van der Waals surface area contributed by atoms with Gasteiger partial charge in [-0.15, -0.1) is 0 Å². The summed E-state index contributed by atoms with van der Waals surface area (Å²) in [5.41, 5.74) is -0.278. The smallest absolute Gasteiger partial charge is 0.229 e. The number of hydrogen-bond donors (Lipinski definition) is 2. The first-order valence-electron chi connectivity index (χ1n) is 9.52. The fourth-order valence-corrected chi connectivity index (χ4v) is 3.96. The largest absolute Gasteiger partial charge is 0.351 e. The number of anilines is 1. The first-order chi connectivity index (χ1) is 11.8. The molecule has 138 valence electrons. The summed E-state index contributed by atoms with van der Waals surface area (Å²) in [4.78, 5) is 30.0. The molecule has 0 aromatic carbocycles. The predicted molar refractivity (Wildman–Crippen MR) is 97.1 cm³/mol. The third-order valence-electron chi connectivity index (χ3n) is 5.16. The number of carbonyl (C=O) groups is 2. The standard InChI is InChI=1S/C19H30N4O2/c1-19(2,3)22-18(25)14-9-5-4-8-13(14)17(24)21-16-12-20-15-10-6-7-11-23(15)16/h12-14H,4-11H2,1-3H3,(H,21,24)(H,22,25)/t13-,14+/m0/s1. The number of nitrogens with zero attached hydrogens (tertiary/aromatic N) is 2. The maximum Gasteiger partial charge on any atom is 0.229 e. The monoisotopic (exact) mass is 346 g/mol. The van der Waals surface area contributed by atoms with Crippen molar-refractivity contribution < 1.29 is 9.59 Å². The van der Waals surface area contributed by atoms with Crippen molar-refractivity contribution in [2.45, 2.75) is 77.8 Å². The average Bonchev–Trinajstić information content (AvgIpc) is 2.96. The molecule has 2 heterocycles. The third-order valence-corrected chi connectivity index (χ3v) is 5.16. The van der Waals surface area contributed by atoms with Crippen LogP contribution in [0, 0.1) is 11.8 Å². The van der Waals surface area contributed by atoms with Crippen LogP contribution in [-0.2, 0) is 22.6 Å². The fourth-order valence-electron chi connectivity index (χ4n) is 3.96. The predicted octanol–water partition coefficient (Wildman–Crippen LogP) is 2.88. The molecule has 2 amide bonds. The molecule has 6 nitrogen and oxygen atoms in total. The topological polar surface area (TPSA) is 76.0 Å². The molecule has 0 bridgehead atoms. The van der Waals surface area contributed by atoms with Crippen molar-refractivity contribution in [1.82, 2.24) is 14.9 Å². The quantitative estimate of drug-likeness (QED) is 0.883. The van der Waals surface area contributed by atoms with E-state index in [1.165, 1.54) is 0 Å². The number of hydrogen-bond acceptors (Lipinski definition) is 3. The minimum atomic E-state index is -0.278. The van der Waals surface area contributed by atoms with Crippen LogP contribution >= 0.6 is 0 Å². The van der Waals surface area contributed by atoms with Gasteiger partial charge in [0.2, 0.25) is 11.8 Å². The second-order valence-corrected chi connectivity index (χ2v) is 8.39. The van der Waals surface area contributed by atoms with Crippen LogP contribution in [0.4, 0.5) is 5.82 Å². The number of amides is 2. The Balaban J connectivity index is 1.70. The Morgan fingerprint density at radius 2 is 1.76 bits per heavy atom. The number of fused-ring (bicyclic) bond motifs is 1. The Morgan fingerprint density at radius 3 is 2.44 bits per heavy atom. The Bertz CT molecular complexity index is 644. The highest BCUT2D eigenvalue weighted by atomic mass is 16.2. The molecule has 2 atom stereocenters. The molecule has 25 heavy (non-hydrogen) atoms. The Kier molecular flexibility index (Phi) is 5.16. The van der Waals surface area contributed by atoms with Crippen LogP contribution in [-0.4, -0.2) is 26.9 Å². The Labute approximate surface area is 149 Å². The molecule has 2 aliphatic rings. The van der Waals surface area contributed by atoms with Crippen molar-refractivity contribution in [3.05, 3.63) is 12.0 Å². The zero-order chi connectivity index (χ0) is 18.0. The maximum atomic E-state index is 12.9. The zero-order valence-electron chi connectivity index (χ0n) is 15.6. The number of imidazole rings is 1. The van der Waals surface area contributed by atoms with Gasteiger partial charge in [0.15, 0.2) is 0 Å². The van der Waals surface area contributed by atoms with Crippen LogP contribution in [0.25, 0.3) is 0 Å². The zero-order valence-corrected chi connectivity index (χ0v) is 15.6. The molecule has 3 rings (SSSR count). The van der Waals surface area contributed by atoms with Crippen LogP contribution in [0.1, 0.15) is 65.1 Å².